The number of benzene rings is 2. The van der Waals surface area contributed by atoms with Crippen LogP contribution in [0.3, 0.4) is 0 Å². The molecular formula is C20H23ClN2O4. The molecule has 0 atom stereocenters. The zero-order valence-corrected chi connectivity index (χ0v) is 15.9. The van der Waals surface area contributed by atoms with Gasteiger partial charge in [-0.15, -0.1) is 0 Å². The average Bonchev–Trinajstić information content (AvgIpc) is 2.67. The Balaban J connectivity index is 1.87. The zero-order chi connectivity index (χ0) is 19.5. The van der Waals surface area contributed by atoms with Crippen LogP contribution in [0.25, 0.3) is 0 Å². The van der Waals surface area contributed by atoms with Gasteiger partial charge in [-0.05, 0) is 49.7 Å². The Kier molecular flexibility index (Phi) is 8.61. The molecule has 0 saturated heterocycles. The minimum absolute atomic E-state index is 0.175. The minimum Gasteiger partial charge on any atom is -0.484 e. The van der Waals surface area contributed by atoms with Crippen molar-refractivity contribution < 1.29 is 19.1 Å². The third-order valence-electron chi connectivity index (χ3n) is 3.58. The molecule has 0 aliphatic heterocycles. The number of ether oxygens (including phenoxy) is 2. The van der Waals surface area contributed by atoms with Gasteiger partial charge >= 0.3 is 0 Å². The number of hydrogen-bond acceptors (Lipinski definition) is 4. The summed E-state index contributed by atoms with van der Waals surface area (Å²) in [7, 11) is 0. The Morgan fingerprint density at radius 2 is 1.81 bits per heavy atom. The lowest BCUT2D eigenvalue weighted by molar-refractivity contribution is -0.118. The van der Waals surface area contributed by atoms with Gasteiger partial charge < -0.3 is 20.1 Å². The fourth-order valence-electron chi connectivity index (χ4n) is 2.27. The van der Waals surface area contributed by atoms with E-state index in [2.05, 4.69) is 10.6 Å². The first-order valence-electron chi connectivity index (χ1n) is 8.73. The first-order chi connectivity index (χ1) is 13.1. The molecule has 0 aromatic heterocycles. The van der Waals surface area contributed by atoms with Crippen molar-refractivity contribution in [1.29, 1.82) is 0 Å². The number of para-hydroxylation sites is 1. The molecule has 0 heterocycles. The van der Waals surface area contributed by atoms with E-state index < -0.39 is 0 Å². The molecule has 0 radical (unpaired) electrons. The van der Waals surface area contributed by atoms with E-state index in [1.54, 1.807) is 48.5 Å². The summed E-state index contributed by atoms with van der Waals surface area (Å²) < 4.78 is 10.7. The van der Waals surface area contributed by atoms with Crippen LogP contribution in [-0.4, -0.2) is 38.2 Å². The van der Waals surface area contributed by atoms with E-state index in [0.717, 1.165) is 6.42 Å². The maximum atomic E-state index is 12.3. The largest absolute Gasteiger partial charge is 0.484 e. The number of nitrogens with one attached hydrogen (secondary N) is 2. The molecule has 0 spiro atoms. The van der Waals surface area contributed by atoms with Crippen molar-refractivity contribution in [3.8, 4) is 5.75 Å². The van der Waals surface area contributed by atoms with Crippen molar-refractivity contribution in [2.45, 2.75) is 13.3 Å². The number of hydrogen-bond donors (Lipinski definition) is 2. The Hall–Kier alpha value is -2.57. The second-order valence-corrected chi connectivity index (χ2v) is 6.08. The molecule has 144 valence electrons. The van der Waals surface area contributed by atoms with Gasteiger partial charge in [0.2, 0.25) is 0 Å². The molecule has 2 amide bonds. The molecule has 0 unspecified atom stereocenters. The molecule has 2 aromatic rings. The predicted octanol–water partition coefficient (Wildman–Crippen LogP) is 3.51. The third-order valence-corrected chi connectivity index (χ3v) is 3.84. The molecule has 0 bridgehead atoms. The van der Waals surface area contributed by atoms with Crippen molar-refractivity contribution >= 4 is 29.1 Å². The second kappa shape index (κ2) is 11.2. The van der Waals surface area contributed by atoms with Gasteiger partial charge in [0.1, 0.15) is 5.75 Å². The van der Waals surface area contributed by atoms with Gasteiger partial charge in [0.15, 0.2) is 6.61 Å². The van der Waals surface area contributed by atoms with Crippen molar-refractivity contribution in [3.63, 3.8) is 0 Å². The molecule has 0 aliphatic carbocycles. The van der Waals surface area contributed by atoms with Gasteiger partial charge in [-0.1, -0.05) is 23.7 Å². The SMILES string of the molecule is CCOCCCNC(=O)c1ccccc1NC(=O)COc1ccc(Cl)cc1. The van der Waals surface area contributed by atoms with Gasteiger partial charge in [-0.25, -0.2) is 0 Å². The predicted molar refractivity (Wildman–Crippen MR) is 105 cm³/mol. The number of halogens is 1. The Bertz CT molecular complexity index is 750. The molecule has 2 aromatic carbocycles. The number of amides is 2. The van der Waals surface area contributed by atoms with Crippen LogP contribution in [-0.2, 0) is 9.53 Å². The summed E-state index contributed by atoms with van der Waals surface area (Å²) >= 11 is 5.81. The summed E-state index contributed by atoms with van der Waals surface area (Å²) in [6.45, 7) is 3.50. The molecule has 0 saturated carbocycles. The van der Waals surface area contributed by atoms with Gasteiger partial charge in [0, 0.05) is 24.8 Å². The molecule has 7 heteroatoms. The molecule has 2 rings (SSSR count). The maximum absolute atomic E-state index is 12.3. The van der Waals surface area contributed by atoms with E-state index in [1.807, 2.05) is 6.92 Å². The van der Waals surface area contributed by atoms with Crippen molar-refractivity contribution in [3.05, 3.63) is 59.1 Å². The van der Waals surface area contributed by atoms with Gasteiger partial charge in [0.25, 0.3) is 11.8 Å². The fourth-order valence-corrected chi connectivity index (χ4v) is 2.40. The van der Waals surface area contributed by atoms with Crippen LogP contribution < -0.4 is 15.4 Å². The highest BCUT2D eigenvalue weighted by atomic mass is 35.5. The topological polar surface area (TPSA) is 76.7 Å². The van der Waals surface area contributed by atoms with E-state index in [-0.39, 0.29) is 18.4 Å². The summed E-state index contributed by atoms with van der Waals surface area (Å²) in [6.07, 6.45) is 0.725. The lowest BCUT2D eigenvalue weighted by Gasteiger charge is -2.12. The first-order valence-corrected chi connectivity index (χ1v) is 9.11. The van der Waals surface area contributed by atoms with Gasteiger partial charge in [-0.3, -0.25) is 9.59 Å². The molecule has 0 aliphatic rings. The summed E-state index contributed by atoms with van der Waals surface area (Å²) in [5, 5.41) is 6.12. The highest BCUT2D eigenvalue weighted by Crippen LogP contribution is 2.17. The fraction of sp³-hybridized carbons (Fsp3) is 0.300. The number of anilines is 1. The molecule has 27 heavy (non-hydrogen) atoms. The second-order valence-electron chi connectivity index (χ2n) is 5.64. The standard InChI is InChI=1S/C20H23ClN2O4/c1-2-26-13-5-12-22-20(25)17-6-3-4-7-18(17)23-19(24)14-27-16-10-8-15(21)9-11-16/h3-4,6-11H,2,5,12-14H2,1H3,(H,22,25)(H,23,24). The summed E-state index contributed by atoms with van der Waals surface area (Å²) in [5.41, 5.74) is 0.832. The number of carbonyl (C=O) groups is 2. The Morgan fingerprint density at radius 3 is 2.56 bits per heavy atom. The first kappa shape index (κ1) is 20.7. The smallest absolute Gasteiger partial charge is 0.262 e. The van der Waals surface area contributed by atoms with E-state index in [0.29, 0.717) is 41.8 Å². The third kappa shape index (κ3) is 7.29. The van der Waals surface area contributed by atoms with Crippen LogP contribution in [0.5, 0.6) is 5.75 Å². The van der Waals surface area contributed by atoms with Crippen LogP contribution in [0, 0.1) is 0 Å². The summed E-state index contributed by atoms with van der Waals surface area (Å²) in [5.74, 6) is -0.0718. The average molecular weight is 391 g/mol. The Morgan fingerprint density at radius 1 is 1.07 bits per heavy atom. The molecule has 2 N–H and O–H groups in total. The zero-order valence-electron chi connectivity index (χ0n) is 15.2. The molecular weight excluding hydrogens is 368 g/mol. The van der Waals surface area contributed by atoms with Crippen molar-refractivity contribution in [2.75, 3.05) is 31.7 Å². The lowest BCUT2D eigenvalue weighted by atomic mass is 10.1. The summed E-state index contributed by atoms with van der Waals surface area (Å²) in [4.78, 5) is 24.5. The highest BCUT2D eigenvalue weighted by Gasteiger charge is 2.13. The van der Waals surface area contributed by atoms with E-state index in [4.69, 9.17) is 21.1 Å². The van der Waals surface area contributed by atoms with Crippen LogP contribution in [0.2, 0.25) is 5.02 Å². The maximum Gasteiger partial charge on any atom is 0.262 e. The lowest BCUT2D eigenvalue weighted by Crippen LogP contribution is -2.27. The van der Waals surface area contributed by atoms with E-state index in [1.165, 1.54) is 0 Å². The van der Waals surface area contributed by atoms with Gasteiger partial charge in [-0.2, -0.15) is 0 Å². The van der Waals surface area contributed by atoms with Crippen LogP contribution in [0.4, 0.5) is 5.69 Å². The summed E-state index contributed by atoms with van der Waals surface area (Å²) in [6, 6.07) is 13.6. The van der Waals surface area contributed by atoms with E-state index >= 15 is 0 Å². The van der Waals surface area contributed by atoms with Crippen molar-refractivity contribution in [2.24, 2.45) is 0 Å². The monoisotopic (exact) mass is 390 g/mol. The van der Waals surface area contributed by atoms with Crippen LogP contribution in [0.15, 0.2) is 48.5 Å². The highest BCUT2D eigenvalue weighted by molar-refractivity contribution is 6.30. The molecule has 0 fully saturated rings. The minimum atomic E-state index is -0.360. The van der Waals surface area contributed by atoms with E-state index in [9.17, 15) is 9.59 Å². The normalized spacial score (nSPS) is 10.3. The van der Waals surface area contributed by atoms with Crippen LogP contribution >= 0.6 is 11.6 Å². The number of carbonyl (C=O) groups excluding carboxylic acids is 2. The van der Waals surface area contributed by atoms with Gasteiger partial charge in [0.05, 0.1) is 11.3 Å². The number of rotatable bonds is 10. The van der Waals surface area contributed by atoms with Crippen LogP contribution in [0.1, 0.15) is 23.7 Å². The van der Waals surface area contributed by atoms with Crippen molar-refractivity contribution in [1.82, 2.24) is 5.32 Å². The molecule has 6 nitrogen and oxygen atoms in total. The Labute approximate surface area is 163 Å². The quantitative estimate of drug-likeness (QED) is 0.608.